The Kier molecular flexibility index (Phi) is 7.25. The summed E-state index contributed by atoms with van der Waals surface area (Å²) in [6, 6.07) is 7.96. The molecule has 1 heterocycles. The van der Waals surface area contributed by atoms with Crippen molar-refractivity contribution in [2.24, 2.45) is 0 Å². The summed E-state index contributed by atoms with van der Waals surface area (Å²) in [7, 11) is 0. The fraction of sp³-hybridized carbons (Fsp3) is 0.619. The molecule has 1 saturated heterocycles. The van der Waals surface area contributed by atoms with E-state index in [0.29, 0.717) is 32.7 Å². The molecule has 0 radical (unpaired) electrons. The second kappa shape index (κ2) is 9.22. The van der Waals surface area contributed by atoms with Crippen LogP contribution in [0.1, 0.15) is 39.7 Å². The van der Waals surface area contributed by atoms with Gasteiger partial charge in [-0.2, -0.15) is 0 Å². The third kappa shape index (κ3) is 6.24. The number of rotatable bonds is 4. The molecule has 0 spiro atoms. The van der Waals surface area contributed by atoms with Gasteiger partial charge in [-0.3, -0.25) is 9.69 Å². The molecule has 0 aromatic heterocycles. The summed E-state index contributed by atoms with van der Waals surface area (Å²) in [6.45, 7) is 13.4. The normalized spacial score (nSPS) is 16.0. The first-order chi connectivity index (χ1) is 12.7. The number of ether oxygens (including phenoxy) is 1. The summed E-state index contributed by atoms with van der Waals surface area (Å²) in [4.78, 5) is 30.9. The van der Waals surface area contributed by atoms with Crippen molar-refractivity contribution in [2.45, 2.75) is 46.6 Å². The minimum Gasteiger partial charge on any atom is -0.444 e. The summed E-state index contributed by atoms with van der Waals surface area (Å²) in [5.41, 5.74) is 1.57. The molecule has 27 heavy (non-hydrogen) atoms. The van der Waals surface area contributed by atoms with Crippen LogP contribution in [-0.4, -0.2) is 66.7 Å². The molecule has 0 bridgehead atoms. The Hall–Kier alpha value is -2.08. The van der Waals surface area contributed by atoms with Crippen LogP contribution >= 0.6 is 0 Å². The van der Waals surface area contributed by atoms with E-state index in [0.717, 1.165) is 24.2 Å². The van der Waals surface area contributed by atoms with Gasteiger partial charge in [-0.15, -0.1) is 0 Å². The van der Waals surface area contributed by atoms with Gasteiger partial charge < -0.3 is 14.5 Å². The van der Waals surface area contributed by atoms with Crippen molar-refractivity contribution in [1.82, 2.24) is 9.80 Å². The van der Waals surface area contributed by atoms with Gasteiger partial charge in [0.05, 0.1) is 6.54 Å². The van der Waals surface area contributed by atoms with Crippen LogP contribution in [0, 0.1) is 6.92 Å². The van der Waals surface area contributed by atoms with Gasteiger partial charge in [0.2, 0.25) is 5.91 Å². The van der Waals surface area contributed by atoms with Crippen molar-refractivity contribution < 1.29 is 14.3 Å². The topological polar surface area (TPSA) is 53.1 Å². The monoisotopic (exact) mass is 375 g/mol. The van der Waals surface area contributed by atoms with Crippen LogP contribution in [0.15, 0.2) is 24.3 Å². The van der Waals surface area contributed by atoms with E-state index in [1.165, 1.54) is 0 Å². The maximum atomic E-state index is 12.9. The average Bonchev–Trinajstić information content (AvgIpc) is 2.81. The SMILES string of the molecule is CCN(C(=O)CN1CCCN(C(=O)OC(C)(C)C)CC1)c1ccccc1C. The Labute approximate surface area is 163 Å². The van der Waals surface area contributed by atoms with Crippen LogP contribution in [0.25, 0.3) is 0 Å². The first kappa shape index (κ1) is 21.2. The van der Waals surface area contributed by atoms with Crippen LogP contribution in [0.2, 0.25) is 0 Å². The zero-order valence-electron chi connectivity index (χ0n) is 17.3. The summed E-state index contributed by atoms with van der Waals surface area (Å²) >= 11 is 0. The molecule has 6 nitrogen and oxygen atoms in total. The number of hydrogen-bond acceptors (Lipinski definition) is 4. The highest BCUT2D eigenvalue weighted by atomic mass is 16.6. The molecule has 1 aromatic carbocycles. The number of para-hydroxylation sites is 1. The smallest absolute Gasteiger partial charge is 0.410 e. The largest absolute Gasteiger partial charge is 0.444 e. The minimum absolute atomic E-state index is 0.0949. The number of likely N-dealkylation sites (N-methyl/N-ethyl adjacent to an activating group) is 1. The Morgan fingerprint density at radius 3 is 2.44 bits per heavy atom. The molecule has 0 atom stereocenters. The lowest BCUT2D eigenvalue weighted by Gasteiger charge is -2.28. The highest BCUT2D eigenvalue weighted by Gasteiger charge is 2.26. The maximum absolute atomic E-state index is 12.9. The van der Waals surface area contributed by atoms with Crippen LogP contribution in [0.5, 0.6) is 0 Å². The van der Waals surface area contributed by atoms with Crippen molar-refractivity contribution in [3.05, 3.63) is 29.8 Å². The van der Waals surface area contributed by atoms with Gasteiger partial charge in [-0.25, -0.2) is 4.79 Å². The standard InChI is InChI=1S/C21H33N3O3/c1-6-24(18-11-8-7-10-17(18)2)19(25)16-22-12-9-13-23(15-14-22)20(26)27-21(3,4)5/h7-8,10-11H,6,9,12-16H2,1-5H3. The van der Waals surface area contributed by atoms with E-state index in [1.54, 1.807) is 4.90 Å². The van der Waals surface area contributed by atoms with Crippen LogP contribution in [-0.2, 0) is 9.53 Å². The molecule has 150 valence electrons. The third-order valence-electron chi connectivity index (χ3n) is 4.62. The Morgan fingerprint density at radius 1 is 1.11 bits per heavy atom. The molecule has 1 fully saturated rings. The van der Waals surface area contributed by atoms with Gasteiger partial charge in [-0.1, -0.05) is 18.2 Å². The van der Waals surface area contributed by atoms with E-state index in [4.69, 9.17) is 4.74 Å². The molecule has 1 aliphatic rings. The lowest BCUT2D eigenvalue weighted by molar-refractivity contribution is -0.119. The molecule has 2 rings (SSSR count). The fourth-order valence-corrected chi connectivity index (χ4v) is 3.26. The fourth-order valence-electron chi connectivity index (χ4n) is 3.26. The number of aryl methyl sites for hydroxylation is 1. The maximum Gasteiger partial charge on any atom is 0.410 e. The molecule has 6 heteroatoms. The van der Waals surface area contributed by atoms with E-state index >= 15 is 0 Å². The van der Waals surface area contributed by atoms with Gasteiger partial charge in [-0.05, 0) is 52.7 Å². The molecular formula is C21H33N3O3. The first-order valence-corrected chi connectivity index (χ1v) is 9.77. The van der Waals surface area contributed by atoms with E-state index in [1.807, 2.05) is 63.8 Å². The van der Waals surface area contributed by atoms with Gasteiger partial charge in [0.25, 0.3) is 0 Å². The zero-order chi connectivity index (χ0) is 20.0. The Bertz CT molecular complexity index is 654. The van der Waals surface area contributed by atoms with Crippen LogP contribution in [0.3, 0.4) is 0 Å². The Balaban J connectivity index is 1.95. The lowest BCUT2D eigenvalue weighted by Crippen LogP contribution is -2.43. The second-order valence-corrected chi connectivity index (χ2v) is 8.02. The third-order valence-corrected chi connectivity index (χ3v) is 4.62. The minimum atomic E-state index is -0.492. The lowest BCUT2D eigenvalue weighted by atomic mass is 10.2. The van der Waals surface area contributed by atoms with Gasteiger partial charge in [0, 0.05) is 38.4 Å². The van der Waals surface area contributed by atoms with Crippen LogP contribution < -0.4 is 4.90 Å². The number of amides is 2. The summed E-state index contributed by atoms with van der Waals surface area (Å²) in [6.07, 6.45) is 0.564. The molecule has 1 aliphatic heterocycles. The van der Waals surface area contributed by atoms with E-state index < -0.39 is 5.60 Å². The van der Waals surface area contributed by atoms with E-state index in [2.05, 4.69) is 4.90 Å². The summed E-state index contributed by atoms with van der Waals surface area (Å²) in [5.74, 6) is 0.0949. The predicted molar refractivity (Wildman–Crippen MR) is 108 cm³/mol. The molecular weight excluding hydrogens is 342 g/mol. The van der Waals surface area contributed by atoms with Crippen molar-refractivity contribution in [3.8, 4) is 0 Å². The molecule has 2 amide bonds. The van der Waals surface area contributed by atoms with Crippen molar-refractivity contribution in [1.29, 1.82) is 0 Å². The van der Waals surface area contributed by atoms with Crippen molar-refractivity contribution >= 4 is 17.7 Å². The molecule has 0 N–H and O–H groups in total. The van der Waals surface area contributed by atoms with E-state index in [9.17, 15) is 9.59 Å². The van der Waals surface area contributed by atoms with Gasteiger partial charge in [0.15, 0.2) is 0 Å². The number of hydrogen-bond donors (Lipinski definition) is 0. The van der Waals surface area contributed by atoms with Crippen LogP contribution in [0.4, 0.5) is 10.5 Å². The quantitative estimate of drug-likeness (QED) is 0.810. The number of benzene rings is 1. The van der Waals surface area contributed by atoms with Gasteiger partial charge >= 0.3 is 6.09 Å². The summed E-state index contributed by atoms with van der Waals surface area (Å²) in [5, 5.41) is 0. The predicted octanol–water partition coefficient (Wildman–Crippen LogP) is 3.29. The number of nitrogens with zero attached hydrogens (tertiary/aromatic N) is 3. The highest BCUT2D eigenvalue weighted by Crippen LogP contribution is 2.20. The summed E-state index contributed by atoms with van der Waals surface area (Å²) < 4.78 is 5.47. The van der Waals surface area contributed by atoms with E-state index in [-0.39, 0.29) is 12.0 Å². The Morgan fingerprint density at radius 2 is 1.81 bits per heavy atom. The molecule has 1 aromatic rings. The molecule has 0 unspecified atom stereocenters. The molecule has 0 aliphatic carbocycles. The highest BCUT2D eigenvalue weighted by molar-refractivity contribution is 5.95. The zero-order valence-corrected chi connectivity index (χ0v) is 17.3. The molecule has 0 saturated carbocycles. The number of anilines is 1. The number of carbonyl (C=O) groups excluding carboxylic acids is 2. The van der Waals surface area contributed by atoms with Crippen molar-refractivity contribution in [3.63, 3.8) is 0 Å². The first-order valence-electron chi connectivity index (χ1n) is 9.77. The second-order valence-electron chi connectivity index (χ2n) is 8.02. The van der Waals surface area contributed by atoms with Crippen molar-refractivity contribution in [2.75, 3.05) is 44.2 Å². The average molecular weight is 376 g/mol. The number of carbonyl (C=O) groups is 2. The van der Waals surface area contributed by atoms with Gasteiger partial charge in [0.1, 0.15) is 5.60 Å².